The quantitative estimate of drug-likeness (QED) is 0.562. The molecule has 166 valence electrons. The molecule has 1 unspecified atom stereocenters. The second kappa shape index (κ2) is 8.46. The molecule has 3 aromatic rings. The third kappa shape index (κ3) is 4.43. The van der Waals surface area contributed by atoms with Crippen LogP contribution in [-0.4, -0.2) is 62.1 Å². The number of carbonyl (C=O) groups excluding carboxylic acids is 1. The molecule has 3 rings (SSSR count). The summed E-state index contributed by atoms with van der Waals surface area (Å²) in [7, 11) is 1.49. The van der Waals surface area contributed by atoms with Crippen molar-refractivity contribution in [2.45, 2.75) is 45.5 Å². The van der Waals surface area contributed by atoms with Gasteiger partial charge in [0.15, 0.2) is 11.5 Å². The van der Waals surface area contributed by atoms with E-state index in [1.54, 1.807) is 23.1 Å². The first-order valence-electron chi connectivity index (χ1n) is 9.85. The van der Waals surface area contributed by atoms with E-state index in [9.17, 15) is 14.3 Å². The number of anilines is 1. The number of fused-ring (bicyclic) bond motifs is 1. The van der Waals surface area contributed by atoms with E-state index >= 15 is 0 Å². The van der Waals surface area contributed by atoms with Crippen molar-refractivity contribution in [3.63, 3.8) is 0 Å². The van der Waals surface area contributed by atoms with Gasteiger partial charge in [0, 0.05) is 30.1 Å². The predicted molar refractivity (Wildman–Crippen MR) is 115 cm³/mol. The summed E-state index contributed by atoms with van der Waals surface area (Å²) in [6, 6.07) is 4.83. The molecule has 0 aliphatic heterocycles. The highest BCUT2D eigenvalue weighted by Crippen LogP contribution is 2.35. The van der Waals surface area contributed by atoms with E-state index in [-0.39, 0.29) is 18.2 Å². The van der Waals surface area contributed by atoms with Crippen LogP contribution in [0.2, 0.25) is 0 Å². The number of nitrogens with zero attached hydrogens (tertiary/aromatic N) is 5. The van der Waals surface area contributed by atoms with E-state index in [1.165, 1.54) is 37.9 Å². The van der Waals surface area contributed by atoms with Gasteiger partial charge in [-0.15, -0.1) is 5.10 Å². The number of hydrogen-bond acceptors (Lipinski definition) is 7. The van der Waals surface area contributed by atoms with Crippen molar-refractivity contribution in [1.29, 1.82) is 0 Å². The lowest BCUT2D eigenvalue weighted by Crippen LogP contribution is -2.45. The van der Waals surface area contributed by atoms with Crippen molar-refractivity contribution in [2.24, 2.45) is 5.73 Å². The van der Waals surface area contributed by atoms with Crippen LogP contribution in [-0.2, 0) is 0 Å². The largest absolute Gasteiger partial charge is 0.480 e. The van der Waals surface area contributed by atoms with Crippen LogP contribution in [0.3, 0.4) is 0 Å². The minimum Gasteiger partial charge on any atom is -0.480 e. The minimum atomic E-state index is -1.55. The summed E-state index contributed by atoms with van der Waals surface area (Å²) in [4.78, 5) is 22.5. The topological polar surface area (TPSA) is 119 Å². The van der Waals surface area contributed by atoms with Gasteiger partial charge in [0.25, 0.3) is 5.91 Å². The lowest BCUT2D eigenvalue weighted by molar-refractivity contribution is 0.0000672. The molecule has 9 nitrogen and oxygen atoms in total. The molecule has 1 atom stereocenters. The van der Waals surface area contributed by atoms with Crippen LogP contribution >= 0.6 is 0 Å². The van der Waals surface area contributed by atoms with E-state index in [2.05, 4.69) is 15.1 Å². The molecular formula is C21H27FN6O3. The Morgan fingerprint density at radius 3 is 2.65 bits per heavy atom. The zero-order valence-corrected chi connectivity index (χ0v) is 18.2. The zero-order valence-electron chi connectivity index (χ0n) is 18.2. The van der Waals surface area contributed by atoms with Crippen LogP contribution in [0.5, 0.6) is 5.88 Å². The molecule has 0 radical (unpaired) electrons. The number of alkyl halides is 1. The average molecular weight is 430 g/mol. The normalized spacial score (nSPS) is 12.9. The summed E-state index contributed by atoms with van der Waals surface area (Å²) in [5.41, 5.74) is 5.60. The van der Waals surface area contributed by atoms with Crippen LogP contribution in [0.15, 0.2) is 30.6 Å². The van der Waals surface area contributed by atoms with Crippen LogP contribution < -0.4 is 15.4 Å². The fraction of sp³-hybridized carbons (Fsp3) is 0.429. The van der Waals surface area contributed by atoms with Gasteiger partial charge in [-0.3, -0.25) is 9.78 Å². The van der Waals surface area contributed by atoms with Crippen LogP contribution in [0.1, 0.15) is 38.1 Å². The van der Waals surface area contributed by atoms with Crippen molar-refractivity contribution in [3.05, 3.63) is 36.2 Å². The smallest absolute Gasteiger partial charge is 0.250 e. The summed E-state index contributed by atoms with van der Waals surface area (Å²) < 4.78 is 21.7. The number of ether oxygens (including phenoxy) is 1. The number of aliphatic hydroxyl groups is 1. The summed E-state index contributed by atoms with van der Waals surface area (Å²) in [5, 5.41) is 14.6. The van der Waals surface area contributed by atoms with Gasteiger partial charge in [-0.25, -0.2) is 13.9 Å². The van der Waals surface area contributed by atoms with E-state index in [0.29, 0.717) is 28.6 Å². The van der Waals surface area contributed by atoms with Crippen LogP contribution in [0.25, 0.3) is 16.9 Å². The number of hydrogen-bond donors (Lipinski definition) is 2. The van der Waals surface area contributed by atoms with Crippen LogP contribution in [0, 0.1) is 0 Å². The van der Waals surface area contributed by atoms with Gasteiger partial charge in [-0.1, -0.05) is 0 Å². The molecule has 0 saturated heterocycles. The summed E-state index contributed by atoms with van der Waals surface area (Å²) in [5.74, 6) is 0.0718. The second-order valence-electron chi connectivity index (χ2n) is 8.08. The lowest BCUT2D eigenvalue weighted by Gasteiger charge is -2.33. The SMILES string of the molecule is COc1ccc2nc(N(CC(F)C(C)(C)O)C(C)C)c(-c3ccncc3C(N)=O)n2n1. The van der Waals surface area contributed by atoms with Gasteiger partial charge < -0.3 is 20.5 Å². The van der Waals surface area contributed by atoms with Crippen molar-refractivity contribution < 1.29 is 19.0 Å². The molecule has 3 N–H and O–H groups in total. The maximum Gasteiger partial charge on any atom is 0.250 e. The Hall–Kier alpha value is -3.27. The third-order valence-electron chi connectivity index (χ3n) is 5.00. The molecule has 10 heteroatoms. The molecule has 3 heterocycles. The Morgan fingerprint density at radius 2 is 2.06 bits per heavy atom. The fourth-order valence-electron chi connectivity index (χ4n) is 3.18. The molecule has 0 spiro atoms. The Labute approximate surface area is 179 Å². The van der Waals surface area contributed by atoms with E-state index in [0.717, 1.165) is 0 Å². The first kappa shape index (κ1) is 22.4. The van der Waals surface area contributed by atoms with E-state index < -0.39 is 17.7 Å². The first-order valence-corrected chi connectivity index (χ1v) is 9.85. The number of nitrogens with two attached hydrogens (primary N) is 1. The number of amides is 1. The molecule has 31 heavy (non-hydrogen) atoms. The number of halogens is 1. The highest BCUT2D eigenvalue weighted by atomic mass is 19.1. The second-order valence-corrected chi connectivity index (χ2v) is 8.08. The van der Waals surface area contributed by atoms with Gasteiger partial charge >= 0.3 is 0 Å². The molecule has 0 aliphatic rings. The first-order chi connectivity index (χ1) is 14.5. The molecule has 0 saturated carbocycles. The Balaban J connectivity index is 2.31. The average Bonchev–Trinajstić information content (AvgIpc) is 3.08. The Kier molecular flexibility index (Phi) is 6.12. The van der Waals surface area contributed by atoms with Gasteiger partial charge in [0.1, 0.15) is 11.9 Å². The highest BCUT2D eigenvalue weighted by molar-refractivity contribution is 6.00. The van der Waals surface area contributed by atoms with E-state index in [1.807, 2.05) is 13.8 Å². The maximum absolute atomic E-state index is 14.9. The van der Waals surface area contributed by atoms with E-state index in [4.69, 9.17) is 10.5 Å². The number of primary amides is 1. The van der Waals surface area contributed by atoms with Gasteiger partial charge in [-0.2, -0.15) is 0 Å². The molecule has 0 aromatic carbocycles. The summed E-state index contributed by atoms with van der Waals surface area (Å²) in [6.07, 6.45) is 1.35. The van der Waals surface area contributed by atoms with Gasteiger partial charge in [0.05, 0.1) is 24.8 Å². The molecule has 3 aromatic heterocycles. The van der Waals surface area contributed by atoms with Crippen molar-refractivity contribution in [2.75, 3.05) is 18.6 Å². The van der Waals surface area contributed by atoms with Gasteiger partial charge in [-0.05, 0) is 39.8 Å². The predicted octanol–water partition coefficient (Wildman–Crippen LogP) is 2.22. The Morgan fingerprint density at radius 1 is 1.35 bits per heavy atom. The number of aromatic nitrogens is 4. The highest BCUT2D eigenvalue weighted by Gasteiger charge is 2.32. The fourth-order valence-corrected chi connectivity index (χ4v) is 3.18. The Bertz CT molecular complexity index is 1090. The van der Waals surface area contributed by atoms with Crippen LogP contribution in [0.4, 0.5) is 10.2 Å². The number of pyridine rings is 1. The molecule has 0 aliphatic carbocycles. The summed E-state index contributed by atoms with van der Waals surface area (Å²) >= 11 is 0. The van der Waals surface area contributed by atoms with Crippen molar-refractivity contribution in [1.82, 2.24) is 19.6 Å². The summed E-state index contributed by atoms with van der Waals surface area (Å²) in [6.45, 7) is 6.50. The van der Waals surface area contributed by atoms with Crippen molar-refractivity contribution >= 4 is 17.4 Å². The molecule has 1 amide bonds. The monoisotopic (exact) mass is 430 g/mol. The number of carbonyl (C=O) groups is 1. The minimum absolute atomic E-state index is 0.119. The lowest BCUT2D eigenvalue weighted by atomic mass is 10.0. The van der Waals surface area contributed by atoms with Gasteiger partial charge in [0.2, 0.25) is 5.88 Å². The molecular weight excluding hydrogens is 403 g/mol. The standard InChI is InChI=1S/C21H27FN6O3/c1-12(2)27(11-15(22)21(3,4)30)20-18(13-8-9-24-10-14(13)19(23)29)28-16(25-20)6-7-17(26-28)31-5/h6-10,12,15,30H,11H2,1-5H3,(H2,23,29). The molecule has 0 fully saturated rings. The number of imidazole rings is 1. The number of methoxy groups -OCH3 is 1. The third-order valence-corrected chi connectivity index (χ3v) is 5.00. The molecule has 0 bridgehead atoms. The maximum atomic E-state index is 14.9. The zero-order chi connectivity index (χ0) is 22.9. The van der Waals surface area contributed by atoms with Crippen molar-refractivity contribution in [3.8, 4) is 17.1 Å². The number of rotatable bonds is 8.